The predicted octanol–water partition coefficient (Wildman–Crippen LogP) is 3.25. The molecule has 1 aromatic heterocycles. The Morgan fingerprint density at radius 2 is 2.00 bits per heavy atom. The smallest absolute Gasteiger partial charge is 0.191 e. The quantitative estimate of drug-likeness (QED) is 0.615. The Morgan fingerprint density at radius 3 is 2.56 bits per heavy atom. The van der Waals surface area contributed by atoms with Crippen LogP contribution in [0.15, 0.2) is 41.5 Å². The molecule has 0 aliphatic heterocycles. The van der Waals surface area contributed by atoms with Crippen molar-refractivity contribution in [2.24, 2.45) is 12.0 Å². The zero-order valence-electron chi connectivity index (χ0n) is 14.9. The number of benzene rings is 1. The Kier molecular flexibility index (Phi) is 5.63. The molecule has 1 fully saturated rings. The van der Waals surface area contributed by atoms with Gasteiger partial charge in [0, 0.05) is 36.8 Å². The standard InChI is InChI=1S/C19H26ClN5/c1-3-21-18(22-13-17-9-12-24-25(17)2)23-14-19(10-4-11-19)15-5-7-16(20)8-6-15/h5-9,12H,3-4,10-11,13-14H2,1-2H3,(H2,21,22,23). The number of aryl methyl sites for hydroxylation is 1. The molecule has 3 rings (SSSR count). The molecular weight excluding hydrogens is 334 g/mol. The first-order valence-electron chi connectivity index (χ1n) is 8.88. The van der Waals surface area contributed by atoms with E-state index in [2.05, 4.69) is 34.8 Å². The summed E-state index contributed by atoms with van der Waals surface area (Å²) in [7, 11) is 1.94. The van der Waals surface area contributed by atoms with Crippen LogP contribution in [0.4, 0.5) is 0 Å². The highest BCUT2D eigenvalue weighted by Gasteiger charge is 2.38. The van der Waals surface area contributed by atoms with E-state index in [1.807, 2.05) is 29.9 Å². The van der Waals surface area contributed by atoms with Crippen LogP contribution < -0.4 is 10.6 Å². The molecule has 0 atom stereocenters. The number of hydrogen-bond acceptors (Lipinski definition) is 2. The lowest BCUT2D eigenvalue weighted by atomic mass is 9.64. The molecule has 0 radical (unpaired) electrons. The molecule has 1 aromatic carbocycles. The predicted molar refractivity (Wildman–Crippen MR) is 103 cm³/mol. The molecule has 0 spiro atoms. The fourth-order valence-corrected chi connectivity index (χ4v) is 3.41. The topological polar surface area (TPSA) is 54.2 Å². The summed E-state index contributed by atoms with van der Waals surface area (Å²) in [6, 6.07) is 10.3. The average molecular weight is 360 g/mol. The van der Waals surface area contributed by atoms with Crippen LogP contribution in [0.5, 0.6) is 0 Å². The fraction of sp³-hybridized carbons (Fsp3) is 0.474. The zero-order chi connectivity index (χ0) is 17.7. The molecule has 25 heavy (non-hydrogen) atoms. The Hall–Kier alpha value is -2.01. The summed E-state index contributed by atoms with van der Waals surface area (Å²) in [5.41, 5.74) is 2.64. The molecule has 0 bridgehead atoms. The summed E-state index contributed by atoms with van der Waals surface area (Å²) in [6.07, 6.45) is 5.47. The molecule has 2 aromatic rings. The second-order valence-electron chi connectivity index (χ2n) is 6.64. The molecule has 0 amide bonds. The molecule has 2 N–H and O–H groups in total. The third kappa shape index (κ3) is 4.15. The van der Waals surface area contributed by atoms with Crippen molar-refractivity contribution in [3.05, 3.63) is 52.8 Å². The maximum absolute atomic E-state index is 6.04. The minimum absolute atomic E-state index is 0.188. The first kappa shape index (κ1) is 17.8. The highest BCUT2D eigenvalue weighted by atomic mass is 35.5. The van der Waals surface area contributed by atoms with E-state index in [9.17, 15) is 0 Å². The number of rotatable bonds is 6. The maximum Gasteiger partial charge on any atom is 0.191 e. The highest BCUT2D eigenvalue weighted by Crippen LogP contribution is 2.43. The number of halogens is 1. The van der Waals surface area contributed by atoms with Gasteiger partial charge in [-0.3, -0.25) is 4.68 Å². The molecule has 6 heteroatoms. The average Bonchev–Trinajstić information content (AvgIpc) is 2.98. The van der Waals surface area contributed by atoms with E-state index in [-0.39, 0.29) is 5.41 Å². The van der Waals surface area contributed by atoms with Crippen molar-refractivity contribution >= 4 is 17.6 Å². The summed E-state index contributed by atoms with van der Waals surface area (Å²) in [6.45, 7) is 4.41. The normalized spacial score (nSPS) is 16.4. The number of aliphatic imine (C=N–C) groups is 1. The second kappa shape index (κ2) is 7.91. The van der Waals surface area contributed by atoms with Crippen LogP contribution in [0, 0.1) is 0 Å². The van der Waals surface area contributed by atoms with E-state index in [0.717, 1.165) is 29.8 Å². The van der Waals surface area contributed by atoms with Crippen molar-refractivity contribution in [1.82, 2.24) is 20.4 Å². The van der Waals surface area contributed by atoms with Gasteiger partial charge in [0.15, 0.2) is 5.96 Å². The van der Waals surface area contributed by atoms with E-state index < -0.39 is 0 Å². The molecule has 1 saturated carbocycles. The molecule has 0 unspecified atom stereocenters. The largest absolute Gasteiger partial charge is 0.357 e. The van der Waals surface area contributed by atoms with Crippen LogP contribution in [0.25, 0.3) is 0 Å². The van der Waals surface area contributed by atoms with Crippen molar-refractivity contribution in [3.63, 3.8) is 0 Å². The SMILES string of the molecule is CCNC(=NCc1ccnn1C)NCC1(c2ccc(Cl)cc2)CCC1. The van der Waals surface area contributed by atoms with Crippen molar-refractivity contribution in [3.8, 4) is 0 Å². The van der Waals surface area contributed by atoms with Gasteiger partial charge < -0.3 is 10.6 Å². The van der Waals surface area contributed by atoms with Gasteiger partial charge in [0.2, 0.25) is 0 Å². The lowest BCUT2D eigenvalue weighted by Gasteiger charge is -2.43. The van der Waals surface area contributed by atoms with Gasteiger partial charge in [0.1, 0.15) is 0 Å². The Labute approximate surface area is 154 Å². The molecule has 134 valence electrons. The summed E-state index contributed by atoms with van der Waals surface area (Å²) in [4.78, 5) is 4.70. The Morgan fingerprint density at radius 1 is 1.24 bits per heavy atom. The van der Waals surface area contributed by atoms with Gasteiger partial charge in [0.05, 0.1) is 12.2 Å². The van der Waals surface area contributed by atoms with E-state index in [1.54, 1.807) is 6.20 Å². The van der Waals surface area contributed by atoms with Crippen molar-refractivity contribution in [2.75, 3.05) is 13.1 Å². The number of nitrogens with one attached hydrogen (secondary N) is 2. The van der Waals surface area contributed by atoms with Crippen LogP contribution in [0.2, 0.25) is 5.02 Å². The summed E-state index contributed by atoms with van der Waals surface area (Å²) in [5.74, 6) is 0.851. The third-order valence-corrected chi connectivity index (χ3v) is 5.28. The third-order valence-electron chi connectivity index (χ3n) is 5.03. The maximum atomic E-state index is 6.04. The van der Waals surface area contributed by atoms with Crippen LogP contribution in [-0.4, -0.2) is 28.8 Å². The fourth-order valence-electron chi connectivity index (χ4n) is 3.29. The number of hydrogen-bond donors (Lipinski definition) is 2. The summed E-state index contributed by atoms with van der Waals surface area (Å²) in [5, 5.41) is 11.8. The van der Waals surface area contributed by atoms with Gasteiger partial charge in [0.25, 0.3) is 0 Å². The molecule has 1 aliphatic rings. The van der Waals surface area contributed by atoms with Crippen LogP contribution in [0.1, 0.15) is 37.4 Å². The van der Waals surface area contributed by atoms with E-state index in [1.165, 1.54) is 24.8 Å². The van der Waals surface area contributed by atoms with Gasteiger partial charge in [-0.1, -0.05) is 30.2 Å². The minimum atomic E-state index is 0.188. The summed E-state index contributed by atoms with van der Waals surface area (Å²) >= 11 is 6.04. The van der Waals surface area contributed by atoms with E-state index >= 15 is 0 Å². The van der Waals surface area contributed by atoms with Crippen molar-refractivity contribution in [2.45, 2.75) is 38.1 Å². The monoisotopic (exact) mass is 359 g/mol. The molecule has 5 nitrogen and oxygen atoms in total. The number of nitrogens with zero attached hydrogens (tertiary/aromatic N) is 3. The first-order chi connectivity index (χ1) is 12.1. The first-order valence-corrected chi connectivity index (χ1v) is 9.26. The summed E-state index contributed by atoms with van der Waals surface area (Å²) < 4.78 is 1.86. The Bertz CT molecular complexity index is 716. The lowest BCUT2D eigenvalue weighted by Crippen LogP contribution is -2.48. The van der Waals surface area contributed by atoms with Gasteiger partial charge in [-0.25, -0.2) is 4.99 Å². The van der Waals surface area contributed by atoms with Crippen LogP contribution >= 0.6 is 11.6 Å². The van der Waals surface area contributed by atoms with Gasteiger partial charge in [-0.2, -0.15) is 5.10 Å². The molecular formula is C19H26ClN5. The zero-order valence-corrected chi connectivity index (χ0v) is 15.7. The Balaban J connectivity index is 1.67. The van der Waals surface area contributed by atoms with Gasteiger partial charge >= 0.3 is 0 Å². The van der Waals surface area contributed by atoms with Crippen LogP contribution in [0.3, 0.4) is 0 Å². The van der Waals surface area contributed by atoms with E-state index in [4.69, 9.17) is 16.6 Å². The number of aromatic nitrogens is 2. The second-order valence-corrected chi connectivity index (χ2v) is 7.07. The lowest BCUT2D eigenvalue weighted by molar-refractivity contribution is 0.244. The molecule has 1 heterocycles. The van der Waals surface area contributed by atoms with Gasteiger partial charge in [-0.15, -0.1) is 0 Å². The van der Waals surface area contributed by atoms with E-state index in [0.29, 0.717) is 6.54 Å². The number of guanidine groups is 1. The minimum Gasteiger partial charge on any atom is -0.357 e. The van der Waals surface area contributed by atoms with Crippen molar-refractivity contribution < 1.29 is 0 Å². The van der Waals surface area contributed by atoms with Crippen molar-refractivity contribution in [1.29, 1.82) is 0 Å². The highest BCUT2D eigenvalue weighted by molar-refractivity contribution is 6.30. The molecule has 1 aliphatic carbocycles. The van der Waals surface area contributed by atoms with Gasteiger partial charge in [-0.05, 0) is 43.5 Å². The van der Waals surface area contributed by atoms with Crippen LogP contribution in [-0.2, 0) is 19.0 Å². The molecule has 0 saturated heterocycles.